The first-order valence-electron chi connectivity index (χ1n) is 10.0. The predicted octanol–water partition coefficient (Wildman–Crippen LogP) is 2.13. The third-order valence-electron chi connectivity index (χ3n) is 5.44. The van der Waals surface area contributed by atoms with Gasteiger partial charge in [0.05, 0.1) is 11.0 Å². The molecule has 1 saturated heterocycles. The SMILES string of the molecule is CC(=O)c1ccc(NC(=O)[C@H](C)N2CCN(S(=O)(=O)c3ccccc3[N+](=O)[O-])CC2)cc1. The average molecular weight is 461 g/mol. The van der Waals surface area contributed by atoms with Crippen molar-refractivity contribution < 1.29 is 22.9 Å². The van der Waals surface area contributed by atoms with E-state index in [0.717, 1.165) is 0 Å². The van der Waals surface area contributed by atoms with Gasteiger partial charge in [0.15, 0.2) is 10.7 Å². The average Bonchev–Trinajstić information content (AvgIpc) is 2.79. The molecule has 1 N–H and O–H groups in total. The molecule has 0 radical (unpaired) electrons. The van der Waals surface area contributed by atoms with Gasteiger partial charge in [0, 0.05) is 43.5 Å². The Morgan fingerprint density at radius 3 is 2.19 bits per heavy atom. The highest BCUT2D eigenvalue weighted by Gasteiger charge is 2.35. The molecule has 2 aromatic carbocycles. The number of nitro groups is 1. The summed E-state index contributed by atoms with van der Waals surface area (Å²) in [7, 11) is -4.03. The van der Waals surface area contributed by atoms with E-state index < -0.39 is 26.7 Å². The van der Waals surface area contributed by atoms with Gasteiger partial charge in [-0.25, -0.2) is 8.42 Å². The van der Waals surface area contributed by atoms with Crippen LogP contribution in [0.15, 0.2) is 53.4 Å². The van der Waals surface area contributed by atoms with E-state index in [0.29, 0.717) is 24.3 Å². The summed E-state index contributed by atoms with van der Waals surface area (Å²) in [6.45, 7) is 4.02. The molecule has 0 spiro atoms. The van der Waals surface area contributed by atoms with Crippen molar-refractivity contribution in [3.8, 4) is 0 Å². The minimum Gasteiger partial charge on any atom is -0.325 e. The minimum atomic E-state index is -4.03. The number of sulfonamides is 1. The number of carbonyl (C=O) groups excluding carboxylic acids is 2. The number of nitrogens with one attached hydrogen (secondary N) is 1. The zero-order chi connectivity index (χ0) is 23.5. The fourth-order valence-corrected chi connectivity index (χ4v) is 5.08. The highest BCUT2D eigenvalue weighted by atomic mass is 32.2. The maximum absolute atomic E-state index is 12.9. The van der Waals surface area contributed by atoms with Crippen molar-refractivity contribution in [2.75, 3.05) is 31.5 Å². The first-order chi connectivity index (χ1) is 15.1. The Kier molecular flexibility index (Phi) is 7.02. The lowest BCUT2D eigenvalue weighted by Crippen LogP contribution is -2.53. The van der Waals surface area contributed by atoms with Gasteiger partial charge in [0.25, 0.3) is 5.69 Å². The molecule has 1 aliphatic heterocycles. The summed E-state index contributed by atoms with van der Waals surface area (Å²) in [6, 6.07) is 11.3. The molecule has 1 heterocycles. The van der Waals surface area contributed by atoms with Crippen LogP contribution in [0.4, 0.5) is 11.4 Å². The Bertz CT molecular complexity index is 1130. The van der Waals surface area contributed by atoms with E-state index in [1.165, 1.54) is 35.5 Å². The number of rotatable bonds is 7. The van der Waals surface area contributed by atoms with Crippen LogP contribution in [0.2, 0.25) is 0 Å². The third-order valence-corrected chi connectivity index (χ3v) is 7.39. The van der Waals surface area contributed by atoms with Crippen LogP contribution in [0.1, 0.15) is 24.2 Å². The lowest BCUT2D eigenvalue weighted by atomic mass is 10.1. The number of amides is 1. The van der Waals surface area contributed by atoms with Crippen LogP contribution < -0.4 is 5.32 Å². The van der Waals surface area contributed by atoms with Crippen molar-refractivity contribution in [1.82, 2.24) is 9.21 Å². The van der Waals surface area contributed by atoms with Gasteiger partial charge in [-0.05, 0) is 44.2 Å². The van der Waals surface area contributed by atoms with Crippen molar-refractivity contribution in [1.29, 1.82) is 0 Å². The molecule has 3 rings (SSSR count). The van der Waals surface area contributed by atoms with E-state index >= 15 is 0 Å². The fourth-order valence-electron chi connectivity index (χ4n) is 3.50. The molecule has 2 aromatic rings. The van der Waals surface area contributed by atoms with Crippen LogP contribution in [0.25, 0.3) is 0 Å². The largest absolute Gasteiger partial charge is 0.325 e. The van der Waals surface area contributed by atoms with Crippen LogP contribution in [-0.2, 0) is 14.8 Å². The Morgan fingerprint density at radius 2 is 1.62 bits per heavy atom. The van der Waals surface area contributed by atoms with Gasteiger partial charge in [-0.15, -0.1) is 0 Å². The third kappa shape index (κ3) is 5.01. The van der Waals surface area contributed by atoms with Gasteiger partial charge in [-0.1, -0.05) is 12.1 Å². The van der Waals surface area contributed by atoms with Gasteiger partial charge in [-0.3, -0.25) is 24.6 Å². The number of piperazine rings is 1. The Balaban J connectivity index is 1.63. The standard InChI is InChI=1S/C21H24N4O6S/c1-15(21(27)22-18-9-7-17(8-10-18)16(2)26)23-11-13-24(14-12-23)32(30,31)20-6-4-3-5-19(20)25(28)29/h3-10,15H,11-14H2,1-2H3,(H,22,27)/t15-/m0/s1. The number of benzene rings is 2. The molecule has 0 aliphatic carbocycles. The van der Waals surface area contributed by atoms with Crippen LogP contribution in [0, 0.1) is 10.1 Å². The van der Waals surface area contributed by atoms with Crippen molar-refractivity contribution in [2.45, 2.75) is 24.8 Å². The number of nitrogens with zero attached hydrogens (tertiary/aromatic N) is 3. The topological polar surface area (TPSA) is 130 Å². The molecule has 0 bridgehead atoms. The van der Waals surface area contributed by atoms with Crippen molar-refractivity contribution >= 4 is 33.1 Å². The maximum Gasteiger partial charge on any atom is 0.289 e. The zero-order valence-electron chi connectivity index (χ0n) is 17.7. The molecule has 0 unspecified atom stereocenters. The van der Waals surface area contributed by atoms with Gasteiger partial charge in [0.2, 0.25) is 15.9 Å². The number of nitro benzene ring substituents is 1. The van der Waals surface area contributed by atoms with E-state index in [-0.39, 0.29) is 29.7 Å². The summed E-state index contributed by atoms with van der Waals surface area (Å²) in [5.41, 5.74) is 0.648. The number of ketones is 1. The molecule has 170 valence electrons. The summed E-state index contributed by atoms with van der Waals surface area (Å²) in [5, 5.41) is 14.0. The van der Waals surface area contributed by atoms with Crippen LogP contribution in [0.5, 0.6) is 0 Å². The lowest BCUT2D eigenvalue weighted by molar-refractivity contribution is -0.387. The molecule has 1 amide bonds. The van der Waals surface area contributed by atoms with Crippen molar-refractivity contribution in [2.24, 2.45) is 0 Å². The molecular formula is C21H24N4O6S. The van der Waals surface area contributed by atoms with E-state index in [9.17, 15) is 28.1 Å². The first kappa shape index (κ1) is 23.5. The zero-order valence-corrected chi connectivity index (χ0v) is 18.5. The Hall–Kier alpha value is -3.15. The monoisotopic (exact) mass is 460 g/mol. The highest BCUT2D eigenvalue weighted by molar-refractivity contribution is 7.89. The summed E-state index contributed by atoms with van der Waals surface area (Å²) in [4.78, 5) is 36.0. The molecule has 32 heavy (non-hydrogen) atoms. The second-order valence-corrected chi connectivity index (χ2v) is 9.37. The second-order valence-electron chi connectivity index (χ2n) is 7.46. The number of carbonyl (C=O) groups is 2. The molecule has 0 saturated carbocycles. The number of Topliss-reactive ketones (excluding diaryl/α,β-unsaturated/α-hetero) is 1. The first-order valence-corrected chi connectivity index (χ1v) is 11.4. The van der Waals surface area contributed by atoms with Crippen molar-refractivity contribution in [3.63, 3.8) is 0 Å². The lowest BCUT2D eigenvalue weighted by Gasteiger charge is -2.36. The van der Waals surface area contributed by atoms with Gasteiger partial charge in [-0.2, -0.15) is 4.31 Å². The van der Waals surface area contributed by atoms with Crippen molar-refractivity contribution in [3.05, 3.63) is 64.2 Å². The quantitative estimate of drug-likeness (QED) is 0.380. The predicted molar refractivity (Wildman–Crippen MR) is 118 cm³/mol. The van der Waals surface area contributed by atoms with Crippen LogP contribution >= 0.6 is 0 Å². The summed E-state index contributed by atoms with van der Waals surface area (Å²) >= 11 is 0. The summed E-state index contributed by atoms with van der Waals surface area (Å²) < 4.78 is 27.1. The molecule has 1 atom stereocenters. The van der Waals surface area contributed by atoms with Gasteiger partial charge >= 0.3 is 0 Å². The maximum atomic E-state index is 12.9. The summed E-state index contributed by atoms with van der Waals surface area (Å²) in [5.74, 6) is -0.319. The Morgan fingerprint density at radius 1 is 1.03 bits per heavy atom. The second kappa shape index (κ2) is 9.55. The molecular weight excluding hydrogens is 436 g/mol. The van der Waals surface area contributed by atoms with E-state index in [1.54, 1.807) is 31.2 Å². The number of anilines is 1. The number of hydrogen-bond acceptors (Lipinski definition) is 7. The van der Waals surface area contributed by atoms with Crippen LogP contribution in [0.3, 0.4) is 0 Å². The number of hydrogen-bond donors (Lipinski definition) is 1. The molecule has 10 nitrogen and oxygen atoms in total. The smallest absolute Gasteiger partial charge is 0.289 e. The normalized spacial score (nSPS) is 16.3. The molecule has 11 heteroatoms. The highest BCUT2D eigenvalue weighted by Crippen LogP contribution is 2.27. The molecule has 1 aliphatic rings. The van der Waals surface area contributed by atoms with Crippen LogP contribution in [-0.4, -0.2) is 66.5 Å². The van der Waals surface area contributed by atoms with E-state index in [1.807, 2.05) is 4.90 Å². The van der Waals surface area contributed by atoms with E-state index in [2.05, 4.69) is 5.32 Å². The van der Waals surface area contributed by atoms with E-state index in [4.69, 9.17) is 0 Å². The molecule has 1 fully saturated rings. The Labute approximate surface area is 186 Å². The van der Waals surface area contributed by atoms with Gasteiger partial charge in [0.1, 0.15) is 0 Å². The number of para-hydroxylation sites is 1. The van der Waals surface area contributed by atoms with Gasteiger partial charge < -0.3 is 5.32 Å². The fraction of sp³-hybridized carbons (Fsp3) is 0.333. The minimum absolute atomic E-state index is 0.0649. The molecule has 0 aromatic heterocycles. The summed E-state index contributed by atoms with van der Waals surface area (Å²) in [6.07, 6.45) is 0.